The zero-order valence-electron chi connectivity index (χ0n) is 23.1. The van der Waals surface area contributed by atoms with Gasteiger partial charge in [0, 0.05) is 11.3 Å². The van der Waals surface area contributed by atoms with Gasteiger partial charge in [-0.1, -0.05) is 95.6 Å². The standard InChI is InChI=1S/C32H33ClN2O4/c1-31(2,3)22-14-17-25(24(18-22)32(4,5)6)39-30(38)21-12-15-23(16-13-21)34-27-26(33)28(36)35(29(27)37)19-20-10-8-7-9-11-20/h7-18,34H,19H2,1-6H3. The van der Waals surface area contributed by atoms with E-state index in [1.165, 1.54) is 0 Å². The van der Waals surface area contributed by atoms with E-state index in [2.05, 4.69) is 52.9 Å². The Bertz CT molecular complexity index is 1450. The number of rotatable bonds is 6. The van der Waals surface area contributed by atoms with Gasteiger partial charge in [-0.15, -0.1) is 0 Å². The van der Waals surface area contributed by atoms with Crippen molar-refractivity contribution < 1.29 is 19.1 Å². The molecule has 0 aromatic heterocycles. The summed E-state index contributed by atoms with van der Waals surface area (Å²) in [5.41, 5.74) is 3.53. The van der Waals surface area contributed by atoms with Crippen molar-refractivity contribution >= 4 is 35.1 Å². The number of nitrogens with zero attached hydrogens (tertiary/aromatic N) is 1. The summed E-state index contributed by atoms with van der Waals surface area (Å²) in [6.45, 7) is 12.8. The molecule has 1 N–H and O–H groups in total. The maximum Gasteiger partial charge on any atom is 0.343 e. The molecule has 2 amide bonds. The Morgan fingerprint density at radius 1 is 0.846 bits per heavy atom. The molecule has 0 unspecified atom stereocenters. The van der Waals surface area contributed by atoms with Crippen molar-refractivity contribution in [2.75, 3.05) is 5.32 Å². The number of hydrogen-bond acceptors (Lipinski definition) is 5. The van der Waals surface area contributed by atoms with Crippen molar-refractivity contribution in [3.8, 4) is 5.75 Å². The van der Waals surface area contributed by atoms with Gasteiger partial charge in [-0.25, -0.2) is 4.79 Å². The van der Waals surface area contributed by atoms with Crippen molar-refractivity contribution in [2.24, 2.45) is 0 Å². The Kier molecular flexibility index (Phi) is 7.71. The quantitative estimate of drug-likeness (QED) is 0.207. The predicted octanol–water partition coefficient (Wildman–Crippen LogP) is 6.93. The van der Waals surface area contributed by atoms with Crippen molar-refractivity contribution in [2.45, 2.75) is 58.9 Å². The maximum atomic E-state index is 13.0. The fourth-order valence-electron chi connectivity index (χ4n) is 4.23. The number of esters is 1. The molecule has 0 atom stereocenters. The first kappa shape index (κ1) is 28.1. The Morgan fingerprint density at radius 3 is 2.08 bits per heavy atom. The monoisotopic (exact) mass is 544 g/mol. The molecule has 0 fully saturated rings. The highest BCUT2D eigenvalue weighted by atomic mass is 35.5. The fourth-order valence-corrected chi connectivity index (χ4v) is 4.46. The molecule has 202 valence electrons. The summed E-state index contributed by atoms with van der Waals surface area (Å²) in [5, 5.41) is 2.76. The molecule has 3 aromatic carbocycles. The predicted molar refractivity (Wildman–Crippen MR) is 154 cm³/mol. The van der Waals surface area contributed by atoms with Crippen molar-refractivity contribution in [3.63, 3.8) is 0 Å². The third kappa shape index (κ3) is 6.23. The molecule has 0 aliphatic carbocycles. The lowest BCUT2D eigenvalue weighted by Gasteiger charge is -2.26. The Balaban J connectivity index is 1.48. The van der Waals surface area contributed by atoms with E-state index in [9.17, 15) is 14.4 Å². The fraction of sp³-hybridized carbons (Fsp3) is 0.281. The molecule has 0 spiro atoms. The van der Waals surface area contributed by atoms with Crippen LogP contribution in [0.25, 0.3) is 0 Å². The number of anilines is 1. The zero-order chi connectivity index (χ0) is 28.5. The Labute approximate surface area is 234 Å². The van der Waals surface area contributed by atoms with E-state index in [-0.39, 0.29) is 28.1 Å². The van der Waals surface area contributed by atoms with Crippen LogP contribution in [0.3, 0.4) is 0 Å². The second-order valence-electron chi connectivity index (χ2n) is 11.7. The number of carbonyl (C=O) groups excluding carboxylic acids is 3. The molecular formula is C32H33ClN2O4. The molecule has 1 heterocycles. The van der Waals surface area contributed by atoms with Crippen molar-refractivity contribution in [1.29, 1.82) is 0 Å². The molecule has 0 radical (unpaired) electrons. The lowest BCUT2D eigenvalue weighted by molar-refractivity contribution is -0.138. The first-order chi connectivity index (χ1) is 18.3. The van der Waals surface area contributed by atoms with E-state index in [0.717, 1.165) is 21.6 Å². The molecular weight excluding hydrogens is 512 g/mol. The summed E-state index contributed by atoms with van der Waals surface area (Å²) in [4.78, 5) is 39.7. The molecule has 4 rings (SSSR count). The molecule has 3 aromatic rings. The molecule has 1 aliphatic rings. The number of nitrogens with one attached hydrogen (secondary N) is 1. The molecule has 0 saturated carbocycles. The first-order valence-corrected chi connectivity index (χ1v) is 13.2. The van der Waals surface area contributed by atoms with Gasteiger partial charge >= 0.3 is 5.97 Å². The van der Waals surface area contributed by atoms with E-state index < -0.39 is 17.8 Å². The van der Waals surface area contributed by atoms with E-state index in [1.54, 1.807) is 24.3 Å². The van der Waals surface area contributed by atoms with Gasteiger partial charge < -0.3 is 10.1 Å². The minimum atomic E-state index is -0.555. The third-order valence-corrected chi connectivity index (χ3v) is 6.89. The molecule has 1 aliphatic heterocycles. The van der Waals surface area contributed by atoms with Gasteiger partial charge in [0.1, 0.15) is 16.5 Å². The summed E-state index contributed by atoms with van der Waals surface area (Å²) < 4.78 is 5.82. The van der Waals surface area contributed by atoms with Crippen LogP contribution in [0.2, 0.25) is 0 Å². The van der Waals surface area contributed by atoms with Crippen LogP contribution in [-0.2, 0) is 27.0 Å². The molecule has 0 saturated heterocycles. The number of carbonyl (C=O) groups is 3. The zero-order valence-corrected chi connectivity index (χ0v) is 23.8. The summed E-state index contributed by atoms with van der Waals surface area (Å²) in [6.07, 6.45) is 0. The number of imide groups is 1. The number of halogens is 1. The third-order valence-electron chi connectivity index (χ3n) is 6.54. The number of amides is 2. The Hall–Kier alpha value is -3.90. The Morgan fingerprint density at radius 2 is 1.49 bits per heavy atom. The normalized spacial score (nSPS) is 14.2. The molecule has 0 bridgehead atoms. The molecule has 39 heavy (non-hydrogen) atoms. The first-order valence-electron chi connectivity index (χ1n) is 12.8. The second kappa shape index (κ2) is 10.7. The van der Waals surface area contributed by atoms with Crippen LogP contribution in [0.15, 0.2) is 83.5 Å². The van der Waals surface area contributed by atoms with E-state index in [1.807, 2.05) is 42.5 Å². The average Bonchev–Trinajstić information content (AvgIpc) is 3.07. The van der Waals surface area contributed by atoms with Gasteiger partial charge in [-0.05, 0) is 52.3 Å². The minimum Gasteiger partial charge on any atom is -0.423 e. The van der Waals surface area contributed by atoms with Crippen LogP contribution < -0.4 is 10.1 Å². The van der Waals surface area contributed by atoms with Crippen LogP contribution in [-0.4, -0.2) is 22.7 Å². The summed E-state index contributed by atoms with van der Waals surface area (Å²) in [7, 11) is 0. The van der Waals surface area contributed by atoms with Gasteiger partial charge in [0.15, 0.2) is 0 Å². The summed E-state index contributed by atoms with van der Waals surface area (Å²) in [6, 6.07) is 21.6. The van der Waals surface area contributed by atoms with E-state index >= 15 is 0 Å². The van der Waals surface area contributed by atoms with Gasteiger partial charge in [-0.3, -0.25) is 14.5 Å². The molecule has 7 heteroatoms. The van der Waals surface area contributed by atoms with Crippen LogP contribution in [0.1, 0.15) is 68.6 Å². The van der Waals surface area contributed by atoms with Gasteiger partial charge in [-0.2, -0.15) is 0 Å². The highest BCUT2D eigenvalue weighted by Gasteiger charge is 2.37. The summed E-state index contributed by atoms with van der Waals surface area (Å²) >= 11 is 6.23. The van der Waals surface area contributed by atoms with Crippen LogP contribution in [0.4, 0.5) is 5.69 Å². The number of ether oxygens (including phenoxy) is 1. The second-order valence-corrected chi connectivity index (χ2v) is 12.1. The SMILES string of the molecule is CC(C)(C)c1ccc(OC(=O)c2ccc(NC3=C(Cl)C(=O)N(Cc4ccccc4)C3=O)cc2)c(C(C)(C)C)c1. The summed E-state index contributed by atoms with van der Waals surface area (Å²) in [5.74, 6) is -1.03. The van der Waals surface area contributed by atoms with Gasteiger partial charge in [0.2, 0.25) is 0 Å². The molecule has 6 nitrogen and oxygen atoms in total. The number of benzene rings is 3. The van der Waals surface area contributed by atoms with E-state index in [4.69, 9.17) is 16.3 Å². The highest BCUT2D eigenvalue weighted by Crippen LogP contribution is 2.36. The van der Waals surface area contributed by atoms with Gasteiger partial charge in [0.05, 0.1) is 12.1 Å². The smallest absolute Gasteiger partial charge is 0.343 e. The number of hydrogen-bond donors (Lipinski definition) is 1. The average molecular weight is 545 g/mol. The highest BCUT2D eigenvalue weighted by molar-refractivity contribution is 6.48. The lowest BCUT2D eigenvalue weighted by Crippen LogP contribution is -2.31. The van der Waals surface area contributed by atoms with Crippen molar-refractivity contribution in [1.82, 2.24) is 4.90 Å². The van der Waals surface area contributed by atoms with Crippen LogP contribution in [0, 0.1) is 0 Å². The topological polar surface area (TPSA) is 75.7 Å². The van der Waals surface area contributed by atoms with Crippen LogP contribution in [0.5, 0.6) is 5.75 Å². The largest absolute Gasteiger partial charge is 0.423 e. The maximum absolute atomic E-state index is 13.0. The minimum absolute atomic E-state index is 0.00156. The van der Waals surface area contributed by atoms with Crippen LogP contribution >= 0.6 is 11.6 Å². The van der Waals surface area contributed by atoms with Gasteiger partial charge in [0.25, 0.3) is 11.8 Å². The van der Waals surface area contributed by atoms with E-state index in [0.29, 0.717) is 17.0 Å². The van der Waals surface area contributed by atoms with Crippen molar-refractivity contribution in [3.05, 3.63) is 106 Å². The lowest BCUT2D eigenvalue weighted by atomic mass is 9.80.